The van der Waals surface area contributed by atoms with Gasteiger partial charge in [-0.25, -0.2) is 0 Å². The van der Waals surface area contributed by atoms with Crippen molar-refractivity contribution >= 4 is 0 Å². The van der Waals surface area contributed by atoms with Gasteiger partial charge < -0.3 is 4.74 Å². The summed E-state index contributed by atoms with van der Waals surface area (Å²) in [7, 11) is 0. The van der Waals surface area contributed by atoms with Gasteiger partial charge in [0.2, 0.25) is 0 Å². The Hall–Kier alpha value is -1.27. The Labute approximate surface area is 116 Å². The van der Waals surface area contributed by atoms with E-state index in [1.54, 1.807) is 12.1 Å². The molecule has 0 saturated heterocycles. The van der Waals surface area contributed by atoms with Crippen molar-refractivity contribution < 1.29 is 22.7 Å². The molecule has 1 fully saturated rings. The summed E-state index contributed by atoms with van der Waals surface area (Å²) < 4.78 is 39.9. The van der Waals surface area contributed by atoms with Crippen molar-refractivity contribution in [1.29, 1.82) is 0 Å². The standard InChI is InChI=1S/C14H18F3NO2/c1-10(18-20-13-4-2-3-5-13)11-6-8-12(9-7-11)19-14(15,16)17/h6-10,13,18H,2-5H2,1H3. The van der Waals surface area contributed by atoms with E-state index in [2.05, 4.69) is 10.2 Å². The van der Waals surface area contributed by atoms with Gasteiger partial charge in [-0.1, -0.05) is 25.0 Å². The number of alkyl halides is 3. The predicted octanol–water partition coefficient (Wildman–Crippen LogP) is 4.11. The number of nitrogens with one attached hydrogen (secondary N) is 1. The number of benzene rings is 1. The maximum Gasteiger partial charge on any atom is 0.573 e. The molecule has 0 radical (unpaired) electrons. The van der Waals surface area contributed by atoms with Crippen molar-refractivity contribution in [2.24, 2.45) is 0 Å². The average Bonchev–Trinajstić information content (AvgIpc) is 2.88. The minimum atomic E-state index is -4.66. The van der Waals surface area contributed by atoms with Crippen molar-refractivity contribution in [3.05, 3.63) is 29.8 Å². The molecule has 112 valence electrons. The minimum absolute atomic E-state index is 0.0875. The third-order valence-corrected chi connectivity index (χ3v) is 3.33. The van der Waals surface area contributed by atoms with Gasteiger partial charge in [0.05, 0.1) is 12.1 Å². The van der Waals surface area contributed by atoms with Gasteiger partial charge in [0.1, 0.15) is 5.75 Å². The zero-order valence-electron chi connectivity index (χ0n) is 11.2. The van der Waals surface area contributed by atoms with Crippen molar-refractivity contribution in [2.75, 3.05) is 0 Å². The van der Waals surface area contributed by atoms with Gasteiger partial charge in [-0.15, -0.1) is 13.2 Å². The van der Waals surface area contributed by atoms with Crippen LogP contribution in [0.2, 0.25) is 0 Å². The molecule has 1 aromatic rings. The van der Waals surface area contributed by atoms with E-state index in [1.165, 1.54) is 25.0 Å². The number of ether oxygens (including phenoxy) is 1. The number of hydroxylamine groups is 1. The van der Waals surface area contributed by atoms with Gasteiger partial charge >= 0.3 is 6.36 Å². The summed E-state index contributed by atoms with van der Waals surface area (Å²) in [5, 5.41) is 0. The highest BCUT2D eigenvalue weighted by molar-refractivity contribution is 5.28. The third-order valence-electron chi connectivity index (χ3n) is 3.33. The Kier molecular flexibility index (Phi) is 4.88. The fraction of sp³-hybridized carbons (Fsp3) is 0.571. The molecule has 0 aliphatic heterocycles. The Morgan fingerprint density at radius 3 is 2.30 bits per heavy atom. The molecule has 1 aliphatic rings. The highest BCUT2D eigenvalue weighted by Gasteiger charge is 2.31. The van der Waals surface area contributed by atoms with Crippen LogP contribution in [0.15, 0.2) is 24.3 Å². The maximum absolute atomic E-state index is 12.0. The molecule has 0 bridgehead atoms. The van der Waals surface area contributed by atoms with Crippen molar-refractivity contribution in [2.45, 2.75) is 51.1 Å². The van der Waals surface area contributed by atoms with E-state index in [9.17, 15) is 13.2 Å². The Morgan fingerprint density at radius 1 is 1.15 bits per heavy atom. The lowest BCUT2D eigenvalue weighted by Crippen LogP contribution is -2.24. The highest BCUT2D eigenvalue weighted by Crippen LogP contribution is 2.25. The van der Waals surface area contributed by atoms with Gasteiger partial charge in [0.25, 0.3) is 0 Å². The van der Waals surface area contributed by atoms with Crippen LogP contribution in [0, 0.1) is 0 Å². The van der Waals surface area contributed by atoms with E-state index in [1.807, 2.05) is 6.92 Å². The first-order valence-electron chi connectivity index (χ1n) is 6.71. The molecule has 1 unspecified atom stereocenters. The fourth-order valence-electron chi connectivity index (χ4n) is 2.23. The lowest BCUT2D eigenvalue weighted by Gasteiger charge is -2.18. The van der Waals surface area contributed by atoms with E-state index in [0.29, 0.717) is 0 Å². The quantitative estimate of drug-likeness (QED) is 0.827. The summed E-state index contributed by atoms with van der Waals surface area (Å²) in [5.41, 5.74) is 3.79. The summed E-state index contributed by atoms with van der Waals surface area (Å²) in [6.07, 6.45) is 0.0620. The zero-order chi connectivity index (χ0) is 14.6. The molecule has 3 nitrogen and oxygen atoms in total. The van der Waals surface area contributed by atoms with Gasteiger partial charge in [-0.2, -0.15) is 5.48 Å². The van der Waals surface area contributed by atoms with Crippen molar-refractivity contribution in [3.8, 4) is 5.75 Å². The monoisotopic (exact) mass is 289 g/mol. The average molecular weight is 289 g/mol. The molecular formula is C14H18F3NO2. The van der Waals surface area contributed by atoms with Crippen LogP contribution in [0.1, 0.15) is 44.2 Å². The van der Waals surface area contributed by atoms with E-state index in [-0.39, 0.29) is 17.9 Å². The van der Waals surface area contributed by atoms with E-state index in [4.69, 9.17) is 4.84 Å². The first kappa shape index (κ1) is 15.1. The smallest absolute Gasteiger partial charge is 0.406 e. The summed E-state index contributed by atoms with van der Waals surface area (Å²) in [6.45, 7) is 1.90. The molecule has 1 N–H and O–H groups in total. The molecule has 6 heteroatoms. The van der Waals surface area contributed by atoms with Crippen LogP contribution >= 0.6 is 0 Å². The summed E-state index contributed by atoms with van der Waals surface area (Å²) >= 11 is 0. The van der Waals surface area contributed by atoms with E-state index < -0.39 is 6.36 Å². The van der Waals surface area contributed by atoms with Crippen LogP contribution in [-0.2, 0) is 4.84 Å². The summed E-state index contributed by atoms with van der Waals surface area (Å²) in [6, 6.07) is 5.70. The second kappa shape index (κ2) is 6.45. The first-order chi connectivity index (χ1) is 9.44. The van der Waals surface area contributed by atoms with Gasteiger partial charge in [0.15, 0.2) is 0 Å². The minimum Gasteiger partial charge on any atom is -0.406 e. The second-order valence-electron chi connectivity index (χ2n) is 4.98. The third kappa shape index (κ3) is 4.68. The van der Waals surface area contributed by atoms with Crippen LogP contribution in [0.5, 0.6) is 5.75 Å². The molecule has 0 heterocycles. The van der Waals surface area contributed by atoms with E-state index in [0.717, 1.165) is 18.4 Å². The number of rotatable bonds is 5. The van der Waals surface area contributed by atoms with Crippen molar-refractivity contribution in [3.63, 3.8) is 0 Å². The SMILES string of the molecule is CC(NOC1CCCC1)c1ccc(OC(F)(F)F)cc1. The Bertz CT molecular complexity index is 413. The number of halogens is 3. The fourth-order valence-corrected chi connectivity index (χ4v) is 2.23. The van der Waals surface area contributed by atoms with E-state index >= 15 is 0 Å². The largest absolute Gasteiger partial charge is 0.573 e. The first-order valence-corrected chi connectivity index (χ1v) is 6.71. The van der Waals surface area contributed by atoms with Crippen molar-refractivity contribution in [1.82, 2.24) is 5.48 Å². The van der Waals surface area contributed by atoms with Crippen LogP contribution in [-0.4, -0.2) is 12.5 Å². The highest BCUT2D eigenvalue weighted by atomic mass is 19.4. The van der Waals surface area contributed by atoms with Gasteiger partial charge in [0, 0.05) is 0 Å². The molecule has 1 aromatic carbocycles. The molecule has 0 amide bonds. The Morgan fingerprint density at radius 2 is 1.75 bits per heavy atom. The predicted molar refractivity (Wildman–Crippen MR) is 68.0 cm³/mol. The molecule has 2 rings (SSSR count). The molecule has 1 saturated carbocycles. The lowest BCUT2D eigenvalue weighted by molar-refractivity contribution is -0.274. The van der Waals surface area contributed by atoms with Crippen LogP contribution in [0.4, 0.5) is 13.2 Å². The molecule has 1 atom stereocenters. The lowest BCUT2D eigenvalue weighted by atomic mass is 10.1. The second-order valence-corrected chi connectivity index (χ2v) is 4.98. The van der Waals surface area contributed by atoms with Crippen LogP contribution in [0.25, 0.3) is 0 Å². The topological polar surface area (TPSA) is 30.5 Å². The normalized spacial score (nSPS) is 18.2. The number of hydrogen-bond acceptors (Lipinski definition) is 3. The molecule has 20 heavy (non-hydrogen) atoms. The molecular weight excluding hydrogens is 271 g/mol. The molecule has 1 aliphatic carbocycles. The van der Waals surface area contributed by atoms with Gasteiger partial charge in [-0.3, -0.25) is 4.84 Å². The van der Waals surface area contributed by atoms with Gasteiger partial charge in [-0.05, 0) is 37.5 Å². The summed E-state index contributed by atoms with van der Waals surface area (Å²) in [5.74, 6) is -0.217. The van der Waals surface area contributed by atoms with Crippen LogP contribution < -0.4 is 10.2 Å². The Balaban J connectivity index is 1.85. The molecule has 0 spiro atoms. The zero-order valence-corrected chi connectivity index (χ0v) is 11.2. The number of hydrogen-bond donors (Lipinski definition) is 1. The maximum atomic E-state index is 12.0. The summed E-state index contributed by atoms with van der Waals surface area (Å²) in [4.78, 5) is 5.57. The van der Waals surface area contributed by atoms with Crippen LogP contribution in [0.3, 0.4) is 0 Å². The molecule has 0 aromatic heterocycles.